The molecule has 0 aromatic carbocycles. The quantitative estimate of drug-likeness (QED) is 0.570. The first kappa shape index (κ1) is 9.06. The molecule has 1 rings (SSSR count). The van der Waals surface area contributed by atoms with Crippen LogP contribution in [-0.2, 0) is 0 Å². The predicted molar refractivity (Wildman–Crippen MR) is 52.0 cm³/mol. The van der Waals surface area contributed by atoms with Gasteiger partial charge in [-0.1, -0.05) is 23.9 Å². The fraction of sp³-hybridized carbons (Fsp3) is 0.250. The van der Waals surface area contributed by atoms with Crippen molar-refractivity contribution in [2.45, 2.75) is 11.9 Å². The monoisotopic (exact) mass is 181 g/mol. The summed E-state index contributed by atoms with van der Waals surface area (Å²) < 4.78 is 0. The molecule has 0 unspecified atom stereocenters. The van der Waals surface area contributed by atoms with E-state index in [9.17, 15) is 0 Å². The average Bonchev–Trinajstić information content (AvgIpc) is 2.09. The fourth-order valence-electron chi connectivity index (χ4n) is 0.671. The highest BCUT2D eigenvalue weighted by atomic mass is 32.2. The van der Waals surface area contributed by atoms with Crippen molar-refractivity contribution in [1.29, 1.82) is 0 Å². The Kier molecular flexibility index (Phi) is 3.60. The highest BCUT2D eigenvalue weighted by molar-refractivity contribution is 7.99. The molecule has 0 saturated carbocycles. The molecule has 2 N–H and O–H groups in total. The van der Waals surface area contributed by atoms with Crippen molar-refractivity contribution in [2.24, 2.45) is 0 Å². The average molecular weight is 181 g/mol. The second-order valence-electron chi connectivity index (χ2n) is 2.13. The van der Waals surface area contributed by atoms with Gasteiger partial charge in [0.2, 0.25) is 0 Å². The van der Waals surface area contributed by atoms with E-state index in [1.807, 2.05) is 13.0 Å². The summed E-state index contributed by atoms with van der Waals surface area (Å²) in [6.45, 7) is 1.99. The highest BCUT2D eigenvalue weighted by Gasteiger charge is 1.98. The van der Waals surface area contributed by atoms with Gasteiger partial charge in [0.05, 0.1) is 0 Å². The third-order valence-electron chi connectivity index (χ3n) is 1.24. The van der Waals surface area contributed by atoms with E-state index in [0.717, 1.165) is 10.8 Å². The Hall–Kier alpha value is -1.03. The molecule has 3 nitrogen and oxygen atoms in total. The van der Waals surface area contributed by atoms with Crippen LogP contribution in [0.5, 0.6) is 0 Å². The van der Waals surface area contributed by atoms with Crippen molar-refractivity contribution in [1.82, 2.24) is 9.97 Å². The lowest BCUT2D eigenvalue weighted by molar-refractivity contribution is 1.07. The zero-order valence-corrected chi connectivity index (χ0v) is 7.71. The normalized spacial score (nSPS) is 10.8. The minimum atomic E-state index is 0.506. The Morgan fingerprint density at radius 1 is 1.50 bits per heavy atom. The zero-order valence-electron chi connectivity index (χ0n) is 6.90. The van der Waals surface area contributed by atoms with Gasteiger partial charge in [-0.2, -0.15) is 0 Å². The molecular formula is C8H11N3S. The van der Waals surface area contributed by atoms with E-state index in [1.54, 1.807) is 24.2 Å². The maximum absolute atomic E-state index is 5.58. The van der Waals surface area contributed by atoms with Gasteiger partial charge in [0.15, 0.2) is 5.82 Å². The van der Waals surface area contributed by atoms with Gasteiger partial charge in [0, 0.05) is 18.1 Å². The number of aromatic nitrogens is 2. The Bertz CT molecular complexity index is 273. The molecule has 0 spiro atoms. The molecule has 0 fully saturated rings. The lowest BCUT2D eigenvalue weighted by Crippen LogP contribution is -1.94. The molecular weight excluding hydrogens is 170 g/mol. The smallest absolute Gasteiger partial charge is 0.156 e. The van der Waals surface area contributed by atoms with Gasteiger partial charge in [0.25, 0.3) is 0 Å². The summed E-state index contributed by atoms with van der Waals surface area (Å²) in [4.78, 5) is 8.02. The van der Waals surface area contributed by atoms with Crippen molar-refractivity contribution in [3.8, 4) is 0 Å². The SMILES string of the molecule is C/C=C/CSc1nccnc1N. The van der Waals surface area contributed by atoms with E-state index in [-0.39, 0.29) is 0 Å². The Morgan fingerprint density at radius 3 is 2.92 bits per heavy atom. The van der Waals surface area contributed by atoms with Crippen molar-refractivity contribution >= 4 is 17.6 Å². The Morgan fingerprint density at radius 2 is 2.25 bits per heavy atom. The number of nitrogens with zero attached hydrogens (tertiary/aromatic N) is 2. The molecule has 0 saturated heterocycles. The number of nitrogen functional groups attached to an aromatic ring is 1. The molecule has 64 valence electrons. The number of thioether (sulfide) groups is 1. The van der Waals surface area contributed by atoms with Crippen molar-refractivity contribution in [3.63, 3.8) is 0 Å². The van der Waals surface area contributed by atoms with E-state index in [1.165, 1.54) is 0 Å². The second-order valence-corrected chi connectivity index (χ2v) is 3.14. The predicted octanol–water partition coefficient (Wildman–Crippen LogP) is 1.73. The van der Waals surface area contributed by atoms with Crippen LogP contribution in [0.15, 0.2) is 29.6 Å². The van der Waals surface area contributed by atoms with Crippen LogP contribution in [0, 0.1) is 0 Å². The third-order valence-corrected chi connectivity index (χ3v) is 2.19. The molecule has 0 bridgehead atoms. The highest BCUT2D eigenvalue weighted by Crippen LogP contribution is 2.19. The van der Waals surface area contributed by atoms with E-state index in [4.69, 9.17) is 5.73 Å². The van der Waals surface area contributed by atoms with Crippen LogP contribution in [0.1, 0.15) is 6.92 Å². The molecule has 12 heavy (non-hydrogen) atoms. The summed E-state index contributed by atoms with van der Waals surface area (Å²) in [6.07, 6.45) is 7.29. The fourth-order valence-corrected chi connectivity index (χ4v) is 1.45. The van der Waals surface area contributed by atoms with Crippen molar-refractivity contribution in [3.05, 3.63) is 24.5 Å². The first-order valence-electron chi connectivity index (χ1n) is 3.65. The van der Waals surface area contributed by atoms with Crippen LogP contribution in [0.4, 0.5) is 5.82 Å². The third kappa shape index (κ3) is 2.54. The van der Waals surface area contributed by atoms with Gasteiger partial charge in [-0.3, -0.25) is 0 Å². The number of anilines is 1. The molecule has 0 aliphatic heterocycles. The van der Waals surface area contributed by atoms with E-state index in [2.05, 4.69) is 16.0 Å². The molecule has 0 aliphatic carbocycles. The first-order chi connectivity index (χ1) is 5.84. The van der Waals surface area contributed by atoms with Crippen molar-refractivity contribution < 1.29 is 0 Å². The summed E-state index contributed by atoms with van der Waals surface area (Å²) >= 11 is 1.59. The largest absolute Gasteiger partial charge is 0.381 e. The number of hydrogen-bond donors (Lipinski definition) is 1. The molecule has 0 atom stereocenters. The second kappa shape index (κ2) is 4.77. The number of rotatable bonds is 3. The van der Waals surface area contributed by atoms with Gasteiger partial charge in [-0.25, -0.2) is 9.97 Å². The molecule has 1 aromatic rings. The molecule has 0 radical (unpaired) electrons. The zero-order chi connectivity index (χ0) is 8.81. The summed E-state index contributed by atoms with van der Waals surface area (Å²) in [5.41, 5.74) is 5.58. The molecule has 1 heterocycles. The molecule has 1 aromatic heterocycles. The van der Waals surface area contributed by atoms with Gasteiger partial charge in [0.1, 0.15) is 5.03 Å². The maximum atomic E-state index is 5.58. The van der Waals surface area contributed by atoms with Crippen LogP contribution in [-0.4, -0.2) is 15.7 Å². The van der Waals surface area contributed by atoms with Crippen LogP contribution in [0.3, 0.4) is 0 Å². The van der Waals surface area contributed by atoms with E-state index in [0.29, 0.717) is 5.82 Å². The first-order valence-corrected chi connectivity index (χ1v) is 4.63. The van der Waals surface area contributed by atoms with Gasteiger partial charge >= 0.3 is 0 Å². The summed E-state index contributed by atoms with van der Waals surface area (Å²) in [5, 5.41) is 0.801. The minimum Gasteiger partial charge on any atom is -0.381 e. The van der Waals surface area contributed by atoms with E-state index < -0.39 is 0 Å². The van der Waals surface area contributed by atoms with Gasteiger partial charge in [-0.05, 0) is 6.92 Å². The Balaban J connectivity index is 2.57. The van der Waals surface area contributed by atoms with Crippen LogP contribution in [0.2, 0.25) is 0 Å². The number of allylic oxidation sites excluding steroid dienone is 1. The summed E-state index contributed by atoms with van der Waals surface area (Å²) in [5.74, 6) is 1.39. The van der Waals surface area contributed by atoms with Crippen molar-refractivity contribution in [2.75, 3.05) is 11.5 Å². The van der Waals surface area contributed by atoms with E-state index >= 15 is 0 Å². The van der Waals surface area contributed by atoms with Gasteiger partial charge < -0.3 is 5.73 Å². The standard InChI is InChI=1S/C8H11N3S/c1-2-3-6-12-8-7(9)10-4-5-11-8/h2-5H,6H2,1H3,(H2,9,10)/b3-2+. The minimum absolute atomic E-state index is 0.506. The maximum Gasteiger partial charge on any atom is 0.156 e. The van der Waals surface area contributed by atoms with Crippen LogP contribution < -0.4 is 5.73 Å². The lowest BCUT2D eigenvalue weighted by Gasteiger charge is -1.98. The Labute approximate surface area is 76.1 Å². The molecule has 4 heteroatoms. The summed E-state index contributed by atoms with van der Waals surface area (Å²) in [6, 6.07) is 0. The molecule has 0 amide bonds. The number of nitrogens with two attached hydrogens (primary N) is 1. The topological polar surface area (TPSA) is 51.8 Å². The van der Waals surface area contributed by atoms with Crippen LogP contribution >= 0.6 is 11.8 Å². The lowest BCUT2D eigenvalue weighted by atomic mass is 10.6. The van der Waals surface area contributed by atoms with Crippen LogP contribution in [0.25, 0.3) is 0 Å². The number of hydrogen-bond acceptors (Lipinski definition) is 4. The van der Waals surface area contributed by atoms with Gasteiger partial charge in [-0.15, -0.1) is 0 Å². The molecule has 0 aliphatic rings. The summed E-state index contributed by atoms with van der Waals surface area (Å²) in [7, 11) is 0.